The van der Waals surface area contributed by atoms with Gasteiger partial charge in [0.25, 0.3) is 0 Å². The second kappa shape index (κ2) is 9.88. The maximum absolute atomic E-state index is 14.2. The van der Waals surface area contributed by atoms with Crippen LogP contribution in [0.15, 0.2) is 95.2 Å². The van der Waals surface area contributed by atoms with Gasteiger partial charge in [-0.25, -0.2) is 36.3 Å². The fourth-order valence-electron chi connectivity index (χ4n) is 4.56. The zero-order valence-corrected chi connectivity index (χ0v) is 20.3. The van der Waals surface area contributed by atoms with Gasteiger partial charge in [-0.15, -0.1) is 0 Å². The first-order chi connectivity index (χ1) is 19.3. The van der Waals surface area contributed by atoms with E-state index in [9.17, 15) is 26.3 Å². The highest BCUT2D eigenvalue weighted by Gasteiger charge is 2.14. The average Bonchev–Trinajstić information content (AvgIpc) is 3.52. The summed E-state index contributed by atoms with van der Waals surface area (Å²) in [6.45, 7) is 0. The number of hydrogen-bond acceptors (Lipinski definition) is 2. The van der Waals surface area contributed by atoms with Crippen molar-refractivity contribution in [2.24, 2.45) is 9.98 Å². The molecule has 4 nitrogen and oxygen atoms in total. The molecule has 10 heteroatoms. The van der Waals surface area contributed by atoms with Crippen molar-refractivity contribution in [2.75, 3.05) is 0 Å². The van der Waals surface area contributed by atoms with Gasteiger partial charge in [0.1, 0.15) is 23.0 Å². The number of rotatable bonds is 5. The van der Waals surface area contributed by atoms with Crippen molar-refractivity contribution in [1.29, 1.82) is 0 Å². The van der Waals surface area contributed by atoms with Crippen LogP contribution in [0.25, 0.3) is 21.8 Å². The summed E-state index contributed by atoms with van der Waals surface area (Å²) in [6.07, 6.45) is 6.11. The van der Waals surface area contributed by atoms with Crippen LogP contribution in [0.2, 0.25) is 0 Å². The molecule has 0 unspecified atom stereocenters. The fraction of sp³-hybridized carbons (Fsp3) is 0. The number of aliphatic imine (C=N–C) groups is 2. The summed E-state index contributed by atoms with van der Waals surface area (Å²) in [4.78, 5) is 7.90. The van der Waals surface area contributed by atoms with Crippen molar-refractivity contribution in [3.05, 3.63) is 131 Å². The summed E-state index contributed by atoms with van der Waals surface area (Å²) in [5.74, 6) is -6.63. The van der Waals surface area contributed by atoms with Gasteiger partial charge in [-0.05, 0) is 12.1 Å². The first-order valence-electron chi connectivity index (χ1n) is 11.9. The van der Waals surface area contributed by atoms with Crippen LogP contribution in [0.3, 0.4) is 0 Å². The average molecular weight is 546 g/mol. The molecular formula is C30H16F6N4. The Bertz CT molecular complexity index is 1800. The van der Waals surface area contributed by atoms with Gasteiger partial charge in [-0.3, -0.25) is 9.35 Å². The molecule has 0 bridgehead atoms. The molecule has 40 heavy (non-hydrogen) atoms. The zero-order valence-electron chi connectivity index (χ0n) is 20.3. The van der Waals surface area contributed by atoms with Gasteiger partial charge in [0.2, 0.25) is 0 Å². The third-order valence-corrected chi connectivity index (χ3v) is 6.31. The lowest BCUT2D eigenvalue weighted by atomic mass is 10.1. The van der Waals surface area contributed by atoms with Gasteiger partial charge < -0.3 is 0 Å². The number of nitrogens with zero attached hydrogens (tertiary/aromatic N) is 4. The Hall–Kier alpha value is -5.12. The smallest absolute Gasteiger partial charge is 0.154 e. The SMILES string of the molecule is Fc1cc(F)c(N=Cc2cccc3ccn(-n4ccc5cccc(C=Nc6c(F)cc(F)cc6F)c54)c23)c(F)c1. The van der Waals surface area contributed by atoms with Crippen LogP contribution >= 0.6 is 0 Å². The molecule has 0 aliphatic heterocycles. The Kier molecular flexibility index (Phi) is 6.22. The van der Waals surface area contributed by atoms with Gasteiger partial charge in [-0.2, -0.15) is 0 Å². The first-order valence-corrected chi connectivity index (χ1v) is 11.9. The van der Waals surface area contributed by atoms with E-state index in [-0.39, 0.29) is 0 Å². The Morgan fingerprint density at radius 2 is 0.875 bits per heavy atom. The second-order valence-electron chi connectivity index (χ2n) is 8.84. The van der Waals surface area contributed by atoms with E-state index in [0.29, 0.717) is 46.4 Å². The molecule has 0 spiro atoms. The molecule has 6 rings (SSSR count). The molecule has 6 aromatic rings. The van der Waals surface area contributed by atoms with E-state index in [2.05, 4.69) is 9.98 Å². The molecule has 0 saturated heterocycles. The molecule has 0 aliphatic rings. The molecule has 0 fully saturated rings. The Labute approximate surface area is 222 Å². The lowest BCUT2D eigenvalue weighted by molar-refractivity contribution is 0.546. The minimum Gasteiger partial charge on any atom is -0.256 e. The Morgan fingerprint density at radius 1 is 0.500 bits per heavy atom. The van der Waals surface area contributed by atoms with Crippen LogP contribution in [0.4, 0.5) is 37.7 Å². The third kappa shape index (κ3) is 4.43. The molecule has 2 heterocycles. The lowest BCUT2D eigenvalue weighted by Gasteiger charge is -2.12. The van der Waals surface area contributed by atoms with E-state index >= 15 is 0 Å². The molecule has 4 aromatic carbocycles. The molecule has 0 atom stereocenters. The highest BCUT2D eigenvalue weighted by Crippen LogP contribution is 2.28. The normalized spacial score (nSPS) is 12.1. The van der Waals surface area contributed by atoms with Crippen molar-refractivity contribution in [2.45, 2.75) is 0 Å². The minimum absolute atomic E-state index is 0.508. The molecule has 0 aliphatic carbocycles. The van der Waals surface area contributed by atoms with Gasteiger partial charge in [-0.1, -0.05) is 36.4 Å². The van der Waals surface area contributed by atoms with Crippen molar-refractivity contribution >= 4 is 45.6 Å². The number of para-hydroxylation sites is 2. The lowest BCUT2D eigenvalue weighted by Crippen LogP contribution is -2.08. The van der Waals surface area contributed by atoms with Crippen molar-refractivity contribution < 1.29 is 26.3 Å². The quantitative estimate of drug-likeness (QED) is 0.154. The van der Waals surface area contributed by atoms with E-state index in [1.807, 2.05) is 24.3 Å². The van der Waals surface area contributed by atoms with E-state index in [0.717, 1.165) is 10.8 Å². The number of halogens is 6. The van der Waals surface area contributed by atoms with E-state index < -0.39 is 46.3 Å². The maximum Gasteiger partial charge on any atom is 0.154 e. The number of aromatic nitrogens is 2. The van der Waals surface area contributed by atoms with Crippen molar-refractivity contribution in [1.82, 2.24) is 9.35 Å². The monoisotopic (exact) mass is 546 g/mol. The Morgan fingerprint density at radius 3 is 1.25 bits per heavy atom. The first kappa shape index (κ1) is 25.2. The van der Waals surface area contributed by atoms with Gasteiger partial charge in [0, 0.05) is 71.0 Å². The second-order valence-corrected chi connectivity index (χ2v) is 8.84. The van der Waals surface area contributed by atoms with Crippen LogP contribution in [0.5, 0.6) is 0 Å². The van der Waals surface area contributed by atoms with Crippen LogP contribution < -0.4 is 0 Å². The number of benzene rings is 4. The minimum atomic E-state index is -1.13. The maximum atomic E-state index is 14.2. The highest BCUT2D eigenvalue weighted by atomic mass is 19.2. The predicted octanol–water partition coefficient (Wildman–Crippen LogP) is 8.24. The van der Waals surface area contributed by atoms with Gasteiger partial charge in [0.05, 0.1) is 11.0 Å². The van der Waals surface area contributed by atoms with E-state index in [1.54, 1.807) is 46.0 Å². The zero-order chi connectivity index (χ0) is 28.0. The summed E-state index contributed by atoms with van der Waals surface area (Å²) < 4.78 is 86.9. The van der Waals surface area contributed by atoms with Crippen molar-refractivity contribution in [3.8, 4) is 0 Å². The van der Waals surface area contributed by atoms with Crippen LogP contribution in [0.1, 0.15) is 11.1 Å². The van der Waals surface area contributed by atoms with E-state index in [4.69, 9.17) is 0 Å². The topological polar surface area (TPSA) is 34.6 Å². The molecular weight excluding hydrogens is 530 g/mol. The number of fused-ring (bicyclic) bond motifs is 2. The molecule has 0 radical (unpaired) electrons. The summed E-state index contributed by atoms with van der Waals surface area (Å²) in [5.41, 5.74) is 1.04. The molecule has 0 saturated carbocycles. The standard InChI is InChI=1S/C30H16F6N4/c31-21-11-23(33)27(24(34)12-21)37-15-19-5-1-3-17-7-9-39(29(17)19)40-10-8-18-4-2-6-20(30(18)40)16-38-28-25(35)13-22(32)14-26(28)36/h1-16H. The molecule has 0 amide bonds. The summed E-state index contributed by atoms with van der Waals surface area (Å²) in [5, 5.41) is 1.57. The molecule has 0 N–H and O–H groups in total. The summed E-state index contributed by atoms with van der Waals surface area (Å²) in [6, 6.07) is 16.5. The largest absolute Gasteiger partial charge is 0.256 e. The molecule has 2 aromatic heterocycles. The van der Waals surface area contributed by atoms with Crippen molar-refractivity contribution in [3.63, 3.8) is 0 Å². The number of hydrogen-bond donors (Lipinski definition) is 0. The van der Waals surface area contributed by atoms with Gasteiger partial charge in [0.15, 0.2) is 23.3 Å². The molecule has 198 valence electrons. The predicted molar refractivity (Wildman–Crippen MR) is 142 cm³/mol. The highest BCUT2D eigenvalue weighted by molar-refractivity contribution is 6.01. The summed E-state index contributed by atoms with van der Waals surface area (Å²) in [7, 11) is 0. The summed E-state index contributed by atoms with van der Waals surface area (Å²) >= 11 is 0. The fourth-order valence-corrected chi connectivity index (χ4v) is 4.56. The van der Waals surface area contributed by atoms with Crippen LogP contribution in [-0.2, 0) is 0 Å². The Balaban J connectivity index is 1.48. The van der Waals surface area contributed by atoms with Crippen LogP contribution in [0, 0.1) is 34.9 Å². The van der Waals surface area contributed by atoms with E-state index in [1.165, 1.54) is 12.4 Å². The van der Waals surface area contributed by atoms with Gasteiger partial charge >= 0.3 is 0 Å². The third-order valence-electron chi connectivity index (χ3n) is 6.31. The van der Waals surface area contributed by atoms with Crippen LogP contribution in [-0.4, -0.2) is 21.8 Å².